The molecule has 8 aliphatic carbocycles. The van der Waals surface area contributed by atoms with E-state index in [1.54, 1.807) is 0 Å². The summed E-state index contributed by atoms with van der Waals surface area (Å²) < 4.78 is 46.7. The number of fused-ring (bicyclic) bond motifs is 12. The normalized spacial score (nSPS) is 45.0. The predicted molar refractivity (Wildman–Crippen MR) is 254 cm³/mol. The molecule has 6 unspecified atom stereocenters. The van der Waals surface area contributed by atoms with E-state index in [1.807, 2.05) is 0 Å². The van der Waals surface area contributed by atoms with Crippen LogP contribution in [0, 0.1) is 63.1 Å². The Labute approximate surface area is 423 Å². The summed E-state index contributed by atoms with van der Waals surface area (Å²) in [5.41, 5.74) is -0.380. The van der Waals surface area contributed by atoms with Gasteiger partial charge in [0.05, 0.1) is 13.0 Å². The fourth-order valence-corrected chi connectivity index (χ4v) is 17.9. The molecule has 0 N–H and O–H groups in total. The van der Waals surface area contributed by atoms with E-state index in [9.17, 15) is 38.4 Å². The molecule has 6 saturated carbocycles. The van der Waals surface area contributed by atoms with Crippen LogP contribution < -0.4 is 0 Å². The van der Waals surface area contributed by atoms with Gasteiger partial charge in [0.2, 0.25) is 0 Å². The molecule has 72 heavy (non-hydrogen) atoms. The van der Waals surface area contributed by atoms with E-state index in [4.69, 9.17) is 37.9 Å². The first-order valence-electron chi connectivity index (χ1n) is 26.6. The van der Waals surface area contributed by atoms with E-state index in [-0.39, 0.29) is 106 Å². The van der Waals surface area contributed by atoms with Crippen LogP contribution in [0.1, 0.15) is 165 Å². The molecular formula is C56H76O16. The molecule has 2 aliphatic heterocycles. The minimum atomic E-state index is -0.587. The molecule has 18 atom stereocenters. The van der Waals surface area contributed by atoms with Gasteiger partial charge in [-0.2, -0.15) is 0 Å². The van der Waals surface area contributed by atoms with Gasteiger partial charge in [0.15, 0.2) is 0 Å². The maximum atomic E-state index is 13.3. The van der Waals surface area contributed by atoms with Crippen LogP contribution >= 0.6 is 0 Å². The molecular weight excluding hydrogens is 929 g/mol. The maximum Gasteiger partial charge on any atom is 0.312 e. The van der Waals surface area contributed by atoms with Crippen LogP contribution in [0.3, 0.4) is 0 Å². The van der Waals surface area contributed by atoms with Crippen molar-refractivity contribution in [3.63, 3.8) is 0 Å². The third kappa shape index (κ3) is 8.38. The molecule has 0 radical (unpaired) electrons. The van der Waals surface area contributed by atoms with E-state index in [0.717, 1.165) is 62.5 Å². The van der Waals surface area contributed by atoms with Gasteiger partial charge in [0, 0.05) is 88.9 Å². The third-order valence-electron chi connectivity index (χ3n) is 20.8. The number of carbonyl (C=O) groups is 8. The first kappa shape index (κ1) is 52.1. The number of hydrogen-bond donors (Lipinski definition) is 0. The van der Waals surface area contributed by atoms with Gasteiger partial charge >= 0.3 is 47.8 Å². The van der Waals surface area contributed by atoms with E-state index in [2.05, 4.69) is 39.8 Å². The fraction of sp³-hybridized carbons (Fsp3) is 0.786. The van der Waals surface area contributed by atoms with Crippen LogP contribution in [0.2, 0.25) is 0 Å². The van der Waals surface area contributed by atoms with Crippen molar-refractivity contribution in [1.29, 1.82) is 0 Å². The van der Waals surface area contributed by atoms with Crippen LogP contribution in [0.25, 0.3) is 0 Å². The zero-order chi connectivity index (χ0) is 52.1. The van der Waals surface area contributed by atoms with Gasteiger partial charge in [-0.3, -0.25) is 38.4 Å². The van der Waals surface area contributed by atoms with Crippen molar-refractivity contribution in [3.8, 4) is 0 Å². The number of esters is 8. The third-order valence-corrected chi connectivity index (χ3v) is 20.8. The summed E-state index contributed by atoms with van der Waals surface area (Å²) in [6, 6.07) is 0. The second-order valence-corrected chi connectivity index (χ2v) is 24.3. The molecule has 0 amide bonds. The summed E-state index contributed by atoms with van der Waals surface area (Å²) in [5.74, 6) is -2.88. The molecule has 8 fully saturated rings. The van der Waals surface area contributed by atoms with Crippen LogP contribution in [0.4, 0.5) is 0 Å². The highest BCUT2D eigenvalue weighted by molar-refractivity contribution is 5.76. The van der Waals surface area contributed by atoms with Crippen molar-refractivity contribution < 1.29 is 76.3 Å². The first-order chi connectivity index (χ1) is 33.8. The van der Waals surface area contributed by atoms with Gasteiger partial charge in [-0.1, -0.05) is 44.9 Å². The van der Waals surface area contributed by atoms with Gasteiger partial charge in [-0.05, 0) is 112 Å². The van der Waals surface area contributed by atoms with Crippen molar-refractivity contribution in [2.24, 2.45) is 63.1 Å². The van der Waals surface area contributed by atoms with Crippen molar-refractivity contribution in [2.75, 3.05) is 7.11 Å². The lowest BCUT2D eigenvalue weighted by Gasteiger charge is -2.62. The van der Waals surface area contributed by atoms with Crippen LogP contribution in [0.5, 0.6) is 0 Å². The van der Waals surface area contributed by atoms with Gasteiger partial charge in [-0.25, -0.2) is 0 Å². The second kappa shape index (κ2) is 18.6. The molecule has 0 aromatic carbocycles. The average Bonchev–Trinajstić information content (AvgIpc) is 4.02. The molecule has 16 heteroatoms. The zero-order valence-electron chi connectivity index (χ0n) is 43.9. The monoisotopic (exact) mass is 1000 g/mol. The Kier molecular flexibility index (Phi) is 13.4. The Bertz CT molecular complexity index is 2350. The number of carbonyl (C=O) groups excluding carboxylic acids is 8. The first-order valence-corrected chi connectivity index (χ1v) is 26.6. The average molecular weight is 1010 g/mol. The van der Waals surface area contributed by atoms with Gasteiger partial charge in [0.1, 0.15) is 41.7 Å². The lowest BCUT2D eigenvalue weighted by Crippen LogP contribution is -2.63. The van der Waals surface area contributed by atoms with Crippen molar-refractivity contribution in [3.05, 3.63) is 23.3 Å². The minimum Gasteiger partial charge on any atom is -0.469 e. The number of hydrogen-bond acceptors (Lipinski definition) is 16. The zero-order valence-corrected chi connectivity index (χ0v) is 43.9. The van der Waals surface area contributed by atoms with E-state index < -0.39 is 46.3 Å². The Morgan fingerprint density at radius 2 is 0.944 bits per heavy atom. The molecule has 10 aliphatic rings. The molecule has 0 aromatic rings. The molecule has 2 spiro atoms. The second-order valence-electron chi connectivity index (χ2n) is 24.3. The minimum absolute atomic E-state index is 0.0608. The summed E-state index contributed by atoms with van der Waals surface area (Å²) in [6.07, 6.45) is 13.1. The molecule has 10 rings (SSSR count). The number of rotatable bonds is 6. The van der Waals surface area contributed by atoms with Gasteiger partial charge in [0.25, 0.3) is 0 Å². The molecule has 16 nitrogen and oxygen atoms in total. The Hall–Kier alpha value is -4.76. The Morgan fingerprint density at radius 1 is 0.528 bits per heavy atom. The van der Waals surface area contributed by atoms with E-state index in [0.29, 0.717) is 51.4 Å². The molecule has 0 aromatic heterocycles. The quantitative estimate of drug-likeness (QED) is 0.140. The summed E-state index contributed by atoms with van der Waals surface area (Å²) >= 11 is 0. The van der Waals surface area contributed by atoms with Crippen LogP contribution in [-0.4, -0.2) is 96.6 Å². The van der Waals surface area contributed by atoms with Crippen molar-refractivity contribution in [2.45, 2.75) is 207 Å². The summed E-state index contributed by atoms with van der Waals surface area (Å²) in [7, 11) is 1.41. The van der Waals surface area contributed by atoms with Gasteiger partial charge < -0.3 is 37.9 Å². The van der Waals surface area contributed by atoms with E-state index in [1.165, 1.54) is 41.7 Å². The fourth-order valence-electron chi connectivity index (χ4n) is 17.9. The van der Waals surface area contributed by atoms with Gasteiger partial charge in [-0.15, -0.1) is 0 Å². The number of methoxy groups -OCH3 is 1. The standard InChI is InChI=1S/2C28H38O8/c1-15(29)34-18-6-9-26(3)17(12-18)13-19(25(32)33-5)23-20-7-10-28(11-8-22(31)36-28)27(20,4)14-21(24(23)26)35-16(2)30;1-15(29)33-19-6-9-26(4)18(12-19)13-21(34-16(2)30)24-20-7-10-28(11-8-23(32)36-28)27(20,5)14-22(25(24)26)35-17(3)31/h13,18-21,23-24H,6-12,14H2,1-5H3;13,19-22,24-25H,6-12,14H2,1-5H3/t18-,19+,20?,21+,23?,24?,26-,27-,28+;19-,20?,21-,22+,24?,25?,26-,27-,28+/m00/s1. The smallest absolute Gasteiger partial charge is 0.312 e. The lowest BCUT2D eigenvalue weighted by atomic mass is 9.44. The summed E-state index contributed by atoms with van der Waals surface area (Å²) in [6.45, 7) is 15.9. The largest absolute Gasteiger partial charge is 0.469 e. The predicted octanol–water partition coefficient (Wildman–Crippen LogP) is 7.94. The molecule has 396 valence electrons. The van der Waals surface area contributed by atoms with E-state index >= 15 is 0 Å². The molecule has 2 heterocycles. The summed E-state index contributed by atoms with van der Waals surface area (Å²) in [5, 5.41) is 0. The highest BCUT2D eigenvalue weighted by atomic mass is 16.6. The topological polar surface area (TPSA) is 210 Å². The lowest BCUT2D eigenvalue weighted by molar-refractivity contribution is -0.209. The Balaban J connectivity index is 0.000000178. The number of ether oxygens (including phenoxy) is 8. The van der Waals surface area contributed by atoms with Crippen molar-refractivity contribution >= 4 is 47.8 Å². The molecule has 2 saturated heterocycles. The maximum absolute atomic E-state index is 13.3. The molecule has 0 bridgehead atoms. The van der Waals surface area contributed by atoms with Crippen LogP contribution in [-0.2, 0) is 76.3 Å². The highest BCUT2D eigenvalue weighted by Crippen LogP contribution is 2.72. The van der Waals surface area contributed by atoms with Crippen LogP contribution in [0.15, 0.2) is 23.3 Å². The SMILES string of the molecule is CC(=O)O[C@H]1CC[C@@]2(C)C(=C[C@H](OC(C)=O)C3C2[C@H](OC(C)=O)C[C@@]2(C)C3CC[C@@]23CCC(=O)O3)C1.COC(=O)[C@@H]1C=C2C[C@@H](OC(C)=O)CC[C@]2(C)C2C1C1CC[C@@]3(CCC(=O)O3)[C@@]1(C)C[C@H]2OC(C)=O. The Morgan fingerprint density at radius 3 is 1.35 bits per heavy atom. The summed E-state index contributed by atoms with van der Waals surface area (Å²) in [4.78, 5) is 98.3. The van der Waals surface area contributed by atoms with Crippen molar-refractivity contribution in [1.82, 2.24) is 0 Å². The highest BCUT2D eigenvalue weighted by Gasteiger charge is 2.73.